The third kappa shape index (κ3) is 6.27. The van der Waals surface area contributed by atoms with Gasteiger partial charge >= 0.3 is 11.5 Å². The number of aromatic nitrogens is 2. The second-order valence-corrected chi connectivity index (χ2v) is 7.16. The summed E-state index contributed by atoms with van der Waals surface area (Å²) in [4.78, 5) is 23.1. The second-order valence-electron chi connectivity index (χ2n) is 6.02. The molecule has 0 aliphatic carbocycles. The number of hydrogen-bond donors (Lipinski definition) is 4. The average molecular weight is 435 g/mol. The van der Waals surface area contributed by atoms with Gasteiger partial charge in [-0.2, -0.15) is 18.3 Å². The minimum atomic E-state index is -4.40. The fourth-order valence-corrected chi connectivity index (χ4v) is 3.15. The van der Waals surface area contributed by atoms with E-state index in [-0.39, 0.29) is 22.3 Å². The predicted molar refractivity (Wildman–Crippen MR) is 109 cm³/mol. The Balaban J connectivity index is 1.58. The van der Waals surface area contributed by atoms with Crippen molar-refractivity contribution < 1.29 is 22.8 Å². The SMILES string of the molecule is O=Cc1[nH]ncc1NCc1cccc(NC(=O)Nc2cccc(SC(F)(F)F)c2)c1. The Kier molecular flexibility index (Phi) is 6.62. The van der Waals surface area contributed by atoms with Crippen molar-refractivity contribution in [1.82, 2.24) is 10.2 Å². The Bertz CT molecular complexity index is 1040. The van der Waals surface area contributed by atoms with E-state index in [9.17, 15) is 22.8 Å². The predicted octanol–water partition coefficient (Wildman–Crippen LogP) is 5.09. The number of aromatic amines is 1. The Morgan fingerprint density at radius 3 is 2.50 bits per heavy atom. The van der Waals surface area contributed by atoms with Gasteiger partial charge in [-0.1, -0.05) is 18.2 Å². The van der Waals surface area contributed by atoms with E-state index in [4.69, 9.17) is 0 Å². The molecule has 1 aromatic heterocycles. The maximum atomic E-state index is 12.5. The van der Waals surface area contributed by atoms with Crippen molar-refractivity contribution in [2.45, 2.75) is 16.9 Å². The van der Waals surface area contributed by atoms with Crippen LogP contribution >= 0.6 is 11.8 Å². The molecule has 2 amide bonds. The zero-order chi connectivity index (χ0) is 21.6. The zero-order valence-electron chi connectivity index (χ0n) is 15.3. The van der Waals surface area contributed by atoms with Gasteiger partial charge in [0.25, 0.3) is 0 Å². The van der Waals surface area contributed by atoms with Gasteiger partial charge in [0.1, 0.15) is 5.69 Å². The number of H-pyrrole nitrogens is 1. The number of nitrogens with zero attached hydrogens (tertiary/aromatic N) is 1. The molecule has 2 aromatic carbocycles. The first kappa shape index (κ1) is 21.2. The van der Waals surface area contributed by atoms with Crippen molar-refractivity contribution in [3.63, 3.8) is 0 Å². The second kappa shape index (κ2) is 9.35. The molecule has 0 radical (unpaired) electrons. The van der Waals surface area contributed by atoms with Crippen molar-refractivity contribution in [2.75, 3.05) is 16.0 Å². The summed E-state index contributed by atoms with van der Waals surface area (Å²) in [7, 11) is 0. The number of hydrogen-bond acceptors (Lipinski definition) is 5. The third-order valence-electron chi connectivity index (χ3n) is 3.78. The van der Waals surface area contributed by atoms with Gasteiger partial charge in [0.05, 0.1) is 11.9 Å². The van der Waals surface area contributed by atoms with E-state index in [1.165, 1.54) is 30.5 Å². The molecule has 3 rings (SSSR count). The normalized spacial score (nSPS) is 11.0. The van der Waals surface area contributed by atoms with E-state index >= 15 is 0 Å². The molecular weight excluding hydrogens is 419 g/mol. The van der Waals surface area contributed by atoms with Crippen molar-refractivity contribution in [3.8, 4) is 0 Å². The first-order valence-electron chi connectivity index (χ1n) is 8.57. The maximum absolute atomic E-state index is 12.5. The van der Waals surface area contributed by atoms with Crippen LogP contribution in [0.2, 0.25) is 0 Å². The van der Waals surface area contributed by atoms with Gasteiger partial charge in [-0.25, -0.2) is 4.79 Å². The number of benzene rings is 2. The van der Waals surface area contributed by atoms with Gasteiger partial charge in [-0.3, -0.25) is 9.89 Å². The van der Waals surface area contributed by atoms with Crippen molar-refractivity contribution in [1.29, 1.82) is 0 Å². The highest BCUT2D eigenvalue weighted by Crippen LogP contribution is 2.37. The molecule has 0 aliphatic rings. The minimum Gasteiger partial charge on any atom is -0.378 e. The maximum Gasteiger partial charge on any atom is 0.446 e. The van der Waals surface area contributed by atoms with Crippen LogP contribution in [0.4, 0.5) is 35.0 Å². The number of aldehydes is 1. The summed E-state index contributed by atoms with van der Waals surface area (Å²) < 4.78 is 37.5. The number of urea groups is 1. The van der Waals surface area contributed by atoms with Crippen molar-refractivity contribution in [3.05, 3.63) is 66.0 Å². The summed E-state index contributed by atoms with van der Waals surface area (Å²) in [6, 6.07) is 11.9. The average Bonchev–Trinajstić information content (AvgIpc) is 3.13. The molecule has 0 aliphatic heterocycles. The van der Waals surface area contributed by atoms with E-state index in [2.05, 4.69) is 26.1 Å². The molecule has 0 saturated carbocycles. The molecule has 0 atom stereocenters. The van der Waals surface area contributed by atoms with E-state index in [1.807, 2.05) is 6.07 Å². The fraction of sp³-hybridized carbons (Fsp3) is 0.105. The van der Waals surface area contributed by atoms with E-state index in [1.54, 1.807) is 18.2 Å². The highest BCUT2D eigenvalue weighted by molar-refractivity contribution is 8.00. The van der Waals surface area contributed by atoms with Gasteiger partial charge in [0.15, 0.2) is 6.29 Å². The first-order valence-corrected chi connectivity index (χ1v) is 9.39. The molecule has 30 heavy (non-hydrogen) atoms. The highest BCUT2D eigenvalue weighted by atomic mass is 32.2. The fourth-order valence-electron chi connectivity index (χ4n) is 2.55. The molecule has 7 nitrogen and oxygen atoms in total. The summed E-state index contributed by atoms with van der Waals surface area (Å²) in [5, 5.41) is 14.5. The van der Waals surface area contributed by atoms with E-state index in [0.717, 1.165) is 5.56 Å². The van der Waals surface area contributed by atoms with Gasteiger partial charge in [-0.05, 0) is 47.7 Å². The number of carbonyl (C=O) groups excluding carboxylic acids is 2. The Morgan fingerprint density at radius 1 is 1.10 bits per heavy atom. The van der Waals surface area contributed by atoms with Crippen molar-refractivity contribution >= 4 is 41.1 Å². The van der Waals surface area contributed by atoms with Crippen LogP contribution in [0.25, 0.3) is 0 Å². The monoisotopic (exact) mass is 435 g/mol. The smallest absolute Gasteiger partial charge is 0.378 e. The molecule has 0 spiro atoms. The van der Waals surface area contributed by atoms with Crippen LogP contribution in [0.15, 0.2) is 59.6 Å². The summed E-state index contributed by atoms with van der Waals surface area (Å²) in [6.45, 7) is 0.383. The van der Waals surface area contributed by atoms with E-state index < -0.39 is 11.5 Å². The highest BCUT2D eigenvalue weighted by Gasteiger charge is 2.29. The van der Waals surface area contributed by atoms with Crippen LogP contribution in [-0.2, 0) is 6.54 Å². The lowest BCUT2D eigenvalue weighted by atomic mass is 10.2. The van der Waals surface area contributed by atoms with Gasteiger partial charge in [0.2, 0.25) is 0 Å². The zero-order valence-corrected chi connectivity index (χ0v) is 16.1. The standard InChI is InChI=1S/C19H16F3N5O2S/c20-19(21,22)30-15-6-2-5-14(8-15)26-18(29)25-13-4-1-3-12(7-13)9-23-16-10-24-27-17(16)11-28/h1-8,10-11,23H,9H2,(H,24,27)(H2,25,26,29). The number of alkyl halides is 3. The molecule has 156 valence electrons. The molecule has 11 heteroatoms. The Labute approximate surface area is 173 Å². The van der Waals surface area contributed by atoms with Crippen LogP contribution < -0.4 is 16.0 Å². The summed E-state index contributed by atoms with van der Waals surface area (Å²) >= 11 is -0.252. The number of thioether (sulfide) groups is 1. The third-order valence-corrected chi connectivity index (χ3v) is 4.50. The lowest BCUT2D eigenvalue weighted by Crippen LogP contribution is -2.19. The van der Waals surface area contributed by atoms with Crippen molar-refractivity contribution in [2.24, 2.45) is 0 Å². The molecule has 3 aromatic rings. The molecular formula is C19H16F3N5O2S. The number of halogens is 3. The lowest BCUT2D eigenvalue weighted by Gasteiger charge is -2.11. The minimum absolute atomic E-state index is 0.0256. The first-order chi connectivity index (χ1) is 14.3. The molecule has 0 saturated heterocycles. The largest absolute Gasteiger partial charge is 0.446 e. The summed E-state index contributed by atoms with van der Waals surface area (Å²) in [5.74, 6) is 0. The molecule has 0 fully saturated rings. The van der Waals surface area contributed by atoms with Crippen LogP contribution in [0.1, 0.15) is 16.1 Å². The number of anilines is 3. The van der Waals surface area contributed by atoms with Gasteiger partial charge in [0, 0.05) is 22.8 Å². The number of rotatable bonds is 7. The van der Waals surface area contributed by atoms with Gasteiger partial charge in [-0.15, -0.1) is 0 Å². The summed E-state index contributed by atoms with van der Waals surface area (Å²) in [6.07, 6.45) is 2.14. The van der Waals surface area contributed by atoms with E-state index in [0.29, 0.717) is 29.9 Å². The molecule has 4 N–H and O–H groups in total. The van der Waals surface area contributed by atoms with Crippen LogP contribution in [-0.4, -0.2) is 28.0 Å². The van der Waals surface area contributed by atoms with Crippen LogP contribution in [0.5, 0.6) is 0 Å². The number of nitrogens with one attached hydrogen (secondary N) is 4. The Morgan fingerprint density at radius 2 is 1.80 bits per heavy atom. The van der Waals surface area contributed by atoms with Gasteiger partial charge < -0.3 is 16.0 Å². The van der Waals surface area contributed by atoms with Crippen LogP contribution in [0.3, 0.4) is 0 Å². The number of carbonyl (C=O) groups is 2. The molecule has 1 heterocycles. The topological polar surface area (TPSA) is 98.9 Å². The Hall–Kier alpha value is -3.47. The lowest BCUT2D eigenvalue weighted by molar-refractivity contribution is -0.0328. The summed E-state index contributed by atoms with van der Waals surface area (Å²) in [5.41, 5.74) is -1.96. The number of amides is 2. The molecule has 0 bridgehead atoms. The molecule has 0 unspecified atom stereocenters. The van der Waals surface area contributed by atoms with Crippen LogP contribution in [0, 0.1) is 0 Å². The quantitative estimate of drug-likeness (QED) is 0.306.